The number of carbonyl (C=O) groups excluding carboxylic acids is 2. The predicted molar refractivity (Wildman–Crippen MR) is 105 cm³/mol. The molecule has 27 heavy (non-hydrogen) atoms. The van der Waals surface area contributed by atoms with E-state index >= 15 is 0 Å². The number of rotatable bonds is 11. The van der Waals surface area contributed by atoms with Crippen molar-refractivity contribution in [2.75, 3.05) is 33.4 Å². The van der Waals surface area contributed by atoms with Crippen LogP contribution in [0.4, 0.5) is 0 Å². The Kier molecular flexibility index (Phi) is 7.85. The van der Waals surface area contributed by atoms with Gasteiger partial charge in [0.25, 0.3) is 11.8 Å². The third-order valence-electron chi connectivity index (χ3n) is 4.56. The van der Waals surface area contributed by atoms with Crippen LogP contribution in [0.3, 0.4) is 0 Å². The Hall–Kier alpha value is -2.34. The molecule has 148 valence electrons. The van der Waals surface area contributed by atoms with Crippen LogP contribution >= 0.6 is 0 Å². The zero-order chi connectivity index (χ0) is 19.8. The topological polar surface area (TPSA) is 70.1 Å². The van der Waals surface area contributed by atoms with Crippen LogP contribution in [0.5, 0.6) is 5.75 Å². The quantitative estimate of drug-likeness (QED) is 0.476. The molecule has 1 aromatic carbocycles. The van der Waals surface area contributed by atoms with Crippen LogP contribution in [-0.2, 0) is 9.59 Å². The summed E-state index contributed by atoms with van der Waals surface area (Å²) in [5.74, 6) is 0.189. The highest BCUT2D eigenvalue weighted by Crippen LogP contribution is 2.32. The average Bonchev–Trinajstić information content (AvgIpc) is 2.92. The summed E-state index contributed by atoms with van der Waals surface area (Å²) in [6, 6.07) is 7.26. The lowest BCUT2D eigenvalue weighted by molar-refractivity contribution is -0.137. The lowest BCUT2D eigenvalue weighted by Crippen LogP contribution is -2.35. The first-order valence-electron chi connectivity index (χ1n) is 9.70. The number of unbranched alkanes of at least 4 members (excludes halogenated alkanes) is 2. The van der Waals surface area contributed by atoms with E-state index in [9.17, 15) is 14.7 Å². The van der Waals surface area contributed by atoms with Crippen molar-refractivity contribution in [1.29, 1.82) is 0 Å². The molecule has 2 amide bonds. The maximum Gasteiger partial charge on any atom is 0.277 e. The van der Waals surface area contributed by atoms with Gasteiger partial charge in [-0.3, -0.25) is 14.5 Å². The standard InChI is InChI=1S/C21H30N2O4/c1-4-6-7-12-23-20(25)18(19(21(23)26)22(3)13-14-24)16-8-10-17(11-9-16)27-15-5-2/h8-11,24H,4-7,12-15H2,1-3H3. The fourth-order valence-corrected chi connectivity index (χ4v) is 3.10. The number of nitrogens with zero attached hydrogens (tertiary/aromatic N) is 2. The van der Waals surface area contributed by atoms with Gasteiger partial charge in [0.05, 0.1) is 18.8 Å². The van der Waals surface area contributed by atoms with Crippen molar-refractivity contribution < 1.29 is 19.4 Å². The number of aliphatic hydroxyl groups is 1. The van der Waals surface area contributed by atoms with Gasteiger partial charge in [0.1, 0.15) is 11.4 Å². The van der Waals surface area contributed by atoms with E-state index in [4.69, 9.17) is 4.74 Å². The lowest BCUT2D eigenvalue weighted by atomic mass is 10.0. The molecule has 1 N–H and O–H groups in total. The first-order chi connectivity index (χ1) is 13.0. The van der Waals surface area contributed by atoms with Gasteiger partial charge in [0.15, 0.2) is 0 Å². The molecule has 6 nitrogen and oxygen atoms in total. The molecule has 0 bridgehead atoms. The Morgan fingerprint density at radius 3 is 2.33 bits per heavy atom. The number of ether oxygens (including phenoxy) is 1. The van der Waals surface area contributed by atoms with Gasteiger partial charge in [-0.2, -0.15) is 0 Å². The highest BCUT2D eigenvalue weighted by molar-refractivity contribution is 6.35. The third kappa shape index (κ3) is 4.89. The van der Waals surface area contributed by atoms with E-state index in [-0.39, 0.29) is 18.4 Å². The molecule has 1 aromatic rings. The monoisotopic (exact) mass is 374 g/mol. The Balaban J connectivity index is 2.34. The number of aliphatic hydroxyl groups excluding tert-OH is 1. The molecule has 0 saturated heterocycles. The van der Waals surface area contributed by atoms with Crippen LogP contribution in [0.2, 0.25) is 0 Å². The second-order valence-corrected chi connectivity index (χ2v) is 6.71. The lowest BCUT2D eigenvalue weighted by Gasteiger charge is -2.20. The minimum atomic E-state index is -0.284. The number of imide groups is 1. The SMILES string of the molecule is CCCCCN1C(=O)C(c2ccc(OCCC)cc2)=C(N(C)CCO)C1=O. The van der Waals surface area contributed by atoms with Gasteiger partial charge in [-0.1, -0.05) is 38.8 Å². The second-order valence-electron chi connectivity index (χ2n) is 6.71. The molecule has 1 aliphatic rings. The van der Waals surface area contributed by atoms with E-state index in [0.717, 1.165) is 31.4 Å². The molecule has 6 heteroatoms. The van der Waals surface area contributed by atoms with E-state index < -0.39 is 0 Å². The molecule has 1 heterocycles. The molecule has 0 unspecified atom stereocenters. The van der Waals surface area contributed by atoms with Crippen LogP contribution in [0.15, 0.2) is 30.0 Å². The van der Waals surface area contributed by atoms with Crippen molar-refractivity contribution in [3.05, 3.63) is 35.5 Å². The number of hydrogen-bond acceptors (Lipinski definition) is 5. The molecule has 0 fully saturated rings. The van der Waals surface area contributed by atoms with Crippen LogP contribution in [-0.4, -0.2) is 60.1 Å². The van der Waals surface area contributed by atoms with E-state index in [2.05, 4.69) is 6.92 Å². The molecular weight excluding hydrogens is 344 g/mol. The van der Waals surface area contributed by atoms with Gasteiger partial charge in [-0.05, 0) is 30.5 Å². The first-order valence-corrected chi connectivity index (χ1v) is 9.70. The van der Waals surface area contributed by atoms with Crippen molar-refractivity contribution in [3.8, 4) is 5.75 Å². The minimum Gasteiger partial charge on any atom is -0.494 e. The Morgan fingerprint density at radius 1 is 1.04 bits per heavy atom. The Morgan fingerprint density at radius 2 is 1.74 bits per heavy atom. The summed E-state index contributed by atoms with van der Waals surface area (Å²) in [6.07, 6.45) is 3.70. The van der Waals surface area contributed by atoms with Gasteiger partial charge >= 0.3 is 0 Å². The molecule has 0 aromatic heterocycles. The number of carbonyl (C=O) groups is 2. The van der Waals surface area contributed by atoms with Gasteiger partial charge in [0.2, 0.25) is 0 Å². The van der Waals surface area contributed by atoms with E-state index in [0.29, 0.717) is 36.5 Å². The molecule has 0 atom stereocenters. The van der Waals surface area contributed by atoms with E-state index in [1.807, 2.05) is 31.2 Å². The van der Waals surface area contributed by atoms with Crippen molar-refractivity contribution in [3.63, 3.8) is 0 Å². The normalized spacial score (nSPS) is 14.3. The summed E-state index contributed by atoms with van der Waals surface area (Å²) in [6.45, 7) is 5.38. The molecular formula is C21H30N2O4. The zero-order valence-electron chi connectivity index (χ0n) is 16.5. The molecule has 0 spiro atoms. The highest BCUT2D eigenvalue weighted by Gasteiger charge is 2.40. The summed E-state index contributed by atoms with van der Waals surface area (Å²) < 4.78 is 5.60. The number of hydrogen-bond donors (Lipinski definition) is 1. The summed E-state index contributed by atoms with van der Waals surface area (Å²) in [5, 5.41) is 9.27. The number of amides is 2. The van der Waals surface area contributed by atoms with Gasteiger partial charge in [-0.15, -0.1) is 0 Å². The first kappa shape index (κ1) is 21.0. The highest BCUT2D eigenvalue weighted by atomic mass is 16.5. The van der Waals surface area contributed by atoms with Gasteiger partial charge in [0, 0.05) is 20.1 Å². The van der Waals surface area contributed by atoms with Gasteiger partial charge in [-0.25, -0.2) is 0 Å². The smallest absolute Gasteiger partial charge is 0.277 e. The summed E-state index contributed by atoms with van der Waals surface area (Å²) in [7, 11) is 1.73. The molecule has 2 rings (SSSR count). The Bertz CT molecular complexity index is 682. The maximum absolute atomic E-state index is 13.0. The largest absolute Gasteiger partial charge is 0.494 e. The molecule has 0 aliphatic carbocycles. The molecule has 1 aliphatic heterocycles. The predicted octanol–water partition coefficient (Wildman–Crippen LogP) is 2.67. The molecule has 0 radical (unpaired) electrons. The van der Waals surface area contributed by atoms with Crippen molar-refractivity contribution in [2.45, 2.75) is 39.5 Å². The Labute approximate surface area is 161 Å². The fraction of sp³-hybridized carbons (Fsp3) is 0.524. The van der Waals surface area contributed by atoms with Crippen LogP contribution in [0, 0.1) is 0 Å². The summed E-state index contributed by atoms with van der Waals surface area (Å²) >= 11 is 0. The van der Waals surface area contributed by atoms with E-state index in [1.165, 1.54) is 4.90 Å². The maximum atomic E-state index is 13.0. The zero-order valence-corrected chi connectivity index (χ0v) is 16.5. The second kappa shape index (κ2) is 10.1. The number of likely N-dealkylation sites (N-methyl/N-ethyl adjacent to an activating group) is 1. The summed E-state index contributed by atoms with van der Waals surface area (Å²) in [5.41, 5.74) is 1.44. The third-order valence-corrected chi connectivity index (χ3v) is 4.56. The minimum absolute atomic E-state index is 0.0889. The van der Waals surface area contributed by atoms with Gasteiger partial charge < -0.3 is 14.7 Å². The van der Waals surface area contributed by atoms with Crippen molar-refractivity contribution >= 4 is 17.4 Å². The van der Waals surface area contributed by atoms with Crippen LogP contribution < -0.4 is 4.74 Å². The molecule has 0 saturated carbocycles. The average molecular weight is 374 g/mol. The summed E-state index contributed by atoms with van der Waals surface area (Å²) in [4.78, 5) is 28.9. The fourth-order valence-electron chi connectivity index (χ4n) is 3.10. The van der Waals surface area contributed by atoms with Crippen molar-refractivity contribution in [1.82, 2.24) is 9.80 Å². The van der Waals surface area contributed by atoms with E-state index in [1.54, 1.807) is 11.9 Å². The van der Waals surface area contributed by atoms with Crippen LogP contribution in [0.1, 0.15) is 45.1 Å². The van der Waals surface area contributed by atoms with Crippen LogP contribution in [0.25, 0.3) is 5.57 Å². The number of benzene rings is 1. The van der Waals surface area contributed by atoms with Crippen molar-refractivity contribution in [2.24, 2.45) is 0 Å².